The van der Waals surface area contributed by atoms with E-state index in [4.69, 9.17) is 13.3 Å². The lowest BCUT2D eigenvalue weighted by atomic mass is 10.1. The summed E-state index contributed by atoms with van der Waals surface area (Å²) in [7, 11) is -6.08. The second kappa shape index (κ2) is 11.9. The van der Waals surface area contributed by atoms with Crippen LogP contribution in [0.1, 0.15) is 33.3 Å². The molecule has 0 unspecified atom stereocenters. The fraction of sp³-hybridized carbons (Fsp3) is 0.591. The number of amides is 1. The van der Waals surface area contributed by atoms with Crippen molar-refractivity contribution in [3.05, 3.63) is 48.0 Å². The highest BCUT2D eigenvalue weighted by molar-refractivity contribution is 7.85. The van der Waals surface area contributed by atoms with Gasteiger partial charge in [-0.1, -0.05) is 63.3 Å². The average molecular weight is 488 g/mol. The number of benzene rings is 1. The number of carbonyl (C=O) groups excluding carboxylic acids is 1. The molecule has 0 saturated carbocycles. The van der Waals surface area contributed by atoms with E-state index in [1.807, 2.05) is 43.4 Å². The van der Waals surface area contributed by atoms with E-state index in [1.54, 1.807) is 19.1 Å². The molecule has 0 heterocycles. The van der Waals surface area contributed by atoms with E-state index in [1.165, 1.54) is 0 Å². The van der Waals surface area contributed by atoms with Crippen molar-refractivity contribution >= 4 is 24.5 Å². The van der Waals surface area contributed by atoms with Gasteiger partial charge < -0.3 is 19.6 Å². The predicted molar refractivity (Wildman–Crippen MR) is 127 cm³/mol. The number of carbonyl (C=O) groups is 1. The van der Waals surface area contributed by atoms with Gasteiger partial charge >= 0.3 is 6.09 Å². The molecule has 0 aromatic heterocycles. The molecule has 10 heteroatoms. The molecule has 182 valence electrons. The summed E-state index contributed by atoms with van der Waals surface area (Å²) in [6.07, 6.45) is 1.48. The first-order valence-corrected chi connectivity index (χ1v) is 15.2. The van der Waals surface area contributed by atoms with Crippen LogP contribution in [0.25, 0.3) is 0 Å². The van der Waals surface area contributed by atoms with E-state index in [2.05, 4.69) is 26.1 Å². The normalized spacial score (nSPS) is 15.9. The minimum Gasteiger partial charge on any atom is -0.445 e. The van der Waals surface area contributed by atoms with Gasteiger partial charge in [-0.15, -0.1) is 0 Å². The van der Waals surface area contributed by atoms with Crippen molar-refractivity contribution in [2.75, 3.05) is 12.9 Å². The molecule has 0 aliphatic carbocycles. The van der Waals surface area contributed by atoms with E-state index in [0.29, 0.717) is 0 Å². The van der Waals surface area contributed by atoms with Crippen molar-refractivity contribution in [1.82, 2.24) is 5.32 Å². The van der Waals surface area contributed by atoms with Gasteiger partial charge in [0.05, 0.1) is 25.0 Å². The Morgan fingerprint density at radius 3 is 2.31 bits per heavy atom. The molecule has 1 rings (SSSR count). The number of hydrogen-bond acceptors (Lipinski definition) is 7. The molecule has 8 nitrogen and oxygen atoms in total. The fourth-order valence-corrected chi connectivity index (χ4v) is 4.14. The highest BCUT2D eigenvalue weighted by atomic mass is 32.2. The van der Waals surface area contributed by atoms with E-state index >= 15 is 0 Å². The van der Waals surface area contributed by atoms with Crippen LogP contribution in [0.2, 0.25) is 18.1 Å². The Bertz CT molecular complexity index is 851. The monoisotopic (exact) mass is 487 g/mol. The van der Waals surface area contributed by atoms with Crippen molar-refractivity contribution < 1.29 is 31.7 Å². The number of allylic oxidation sites excluding steroid dienone is 1. The van der Waals surface area contributed by atoms with Gasteiger partial charge in [0.25, 0.3) is 10.1 Å². The third kappa shape index (κ3) is 9.82. The van der Waals surface area contributed by atoms with Gasteiger partial charge in [0.1, 0.15) is 12.7 Å². The molecule has 0 bridgehead atoms. The highest BCUT2D eigenvalue weighted by Gasteiger charge is 2.41. The van der Waals surface area contributed by atoms with Gasteiger partial charge in [0.15, 0.2) is 8.32 Å². The maximum absolute atomic E-state index is 12.4. The van der Waals surface area contributed by atoms with Crippen molar-refractivity contribution in [2.24, 2.45) is 0 Å². The molecule has 0 spiro atoms. The molecular weight excluding hydrogens is 450 g/mol. The van der Waals surface area contributed by atoms with Gasteiger partial charge in [-0.25, -0.2) is 4.79 Å². The van der Waals surface area contributed by atoms with Crippen molar-refractivity contribution in [3.8, 4) is 0 Å². The topological polar surface area (TPSA) is 111 Å². The van der Waals surface area contributed by atoms with Crippen molar-refractivity contribution in [1.29, 1.82) is 0 Å². The Kier molecular flexibility index (Phi) is 10.6. The van der Waals surface area contributed by atoms with Gasteiger partial charge in [-0.3, -0.25) is 4.18 Å². The minimum atomic E-state index is -3.79. The largest absolute Gasteiger partial charge is 0.445 e. The first-order valence-electron chi connectivity index (χ1n) is 10.5. The molecule has 0 aliphatic rings. The summed E-state index contributed by atoms with van der Waals surface area (Å²) >= 11 is 0. The molecule has 2 N–H and O–H groups in total. The summed E-state index contributed by atoms with van der Waals surface area (Å²) in [6.45, 7) is 11.7. The average Bonchev–Trinajstić information content (AvgIpc) is 2.67. The molecule has 1 aromatic rings. The van der Waals surface area contributed by atoms with Crippen molar-refractivity contribution in [2.45, 2.75) is 70.7 Å². The Balaban J connectivity index is 3.00. The second-order valence-corrected chi connectivity index (χ2v) is 15.6. The van der Waals surface area contributed by atoms with Crippen LogP contribution in [0.3, 0.4) is 0 Å². The van der Waals surface area contributed by atoms with Crippen LogP contribution < -0.4 is 5.32 Å². The van der Waals surface area contributed by atoms with Crippen molar-refractivity contribution in [3.63, 3.8) is 0 Å². The lowest BCUT2D eigenvalue weighted by Gasteiger charge is -2.40. The summed E-state index contributed by atoms with van der Waals surface area (Å²) in [6, 6.07) is 8.02. The van der Waals surface area contributed by atoms with E-state index < -0.39 is 49.4 Å². The molecule has 3 atom stereocenters. The number of rotatable bonds is 11. The lowest BCUT2D eigenvalue weighted by Crippen LogP contribution is -2.55. The summed E-state index contributed by atoms with van der Waals surface area (Å²) in [5.41, 5.74) is 0.792. The smallest absolute Gasteiger partial charge is 0.407 e. The van der Waals surface area contributed by atoms with Crippen LogP contribution in [-0.4, -0.2) is 59.0 Å². The Hall–Kier alpha value is -1.72. The quantitative estimate of drug-likeness (QED) is 0.279. The summed E-state index contributed by atoms with van der Waals surface area (Å²) in [5.74, 6) is 0. The molecule has 32 heavy (non-hydrogen) atoms. The summed E-state index contributed by atoms with van der Waals surface area (Å²) in [5, 5.41) is 13.5. The Morgan fingerprint density at radius 2 is 1.81 bits per heavy atom. The van der Waals surface area contributed by atoms with Gasteiger partial charge in [0.2, 0.25) is 0 Å². The van der Waals surface area contributed by atoms with E-state index in [9.17, 15) is 18.3 Å². The molecule has 0 aliphatic heterocycles. The molecule has 1 amide bonds. The second-order valence-electron chi connectivity index (χ2n) is 9.16. The maximum Gasteiger partial charge on any atom is 0.407 e. The molecular formula is C22H37NO7SSi. The molecule has 0 saturated heterocycles. The first kappa shape index (κ1) is 28.3. The SMILES string of the molecule is C/C=C/[C@@H](O[Si](C)(C)C(C)(C)C)[C@H](O)[C@H](COS(C)(=O)=O)NC(=O)OCc1ccccc1. The minimum absolute atomic E-state index is 0.0290. The van der Waals surface area contributed by atoms with Crippen LogP contribution >= 0.6 is 0 Å². The number of hydrogen-bond donors (Lipinski definition) is 2. The van der Waals surface area contributed by atoms with Gasteiger partial charge in [0, 0.05) is 0 Å². The third-order valence-electron chi connectivity index (χ3n) is 5.35. The zero-order valence-electron chi connectivity index (χ0n) is 20.0. The van der Waals surface area contributed by atoms with Crippen LogP contribution in [0.5, 0.6) is 0 Å². The zero-order valence-corrected chi connectivity index (χ0v) is 21.8. The summed E-state index contributed by atoms with van der Waals surface area (Å²) < 4.78 is 39.5. The van der Waals surface area contributed by atoms with Crippen LogP contribution in [0, 0.1) is 0 Å². The van der Waals surface area contributed by atoms with E-state index in [0.717, 1.165) is 11.8 Å². The number of aliphatic hydroxyl groups excluding tert-OH is 1. The standard InChI is InChI=1S/C22H37NO7SSi/c1-8-12-19(30-32(6,7)22(2,3)4)20(24)18(16-29-31(5,26)27)23-21(25)28-15-17-13-10-9-11-14-17/h8-14,18-20,24H,15-16H2,1-7H3,(H,23,25)/b12-8+/t18-,19+,20+/m0/s1. The molecule has 1 aromatic carbocycles. The van der Waals surface area contributed by atoms with Crippen LogP contribution in [0.15, 0.2) is 42.5 Å². The molecule has 0 fully saturated rings. The highest BCUT2D eigenvalue weighted by Crippen LogP contribution is 2.38. The van der Waals surface area contributed by atoms with Crippen LogP contribution in [-0.2, 0) is 30.1 Å². The zero-order chi connectivity index (χ0) is 24.6. The third-order valence-corrected chi connectivity index (χ3v) is 10.4. The maximum atomic E-state index is 12.4. The number of nitrogens with one attached hydrogen (secondary N) is 1. The predicted octanol–water partition coefficient (Wildman–Crippen LogP) is 3.59. The molecule has 0 radical (unpaired) electrons. The lowest BCUT2D eigenvalue weighted by molar-refractivity contribution is 0.0146. The Morgan fingerprint density at radius 1 is 1.22 bits per heavy atom. The Labute approximate surface area is 193 Å². The fourth-order valence-electron chi connectivity index (χ4n) is 2.50. The number of alkyl carbamates (subject to hydrolysis) is 1. The number of aliphatic hydroxyl groups is 1. The van der Waals surface area contributed by atoms with E-state index in [-0.39, 0.29) is 11.6 Å². The van der Waals surface area contributed by atoms with Crippen LogP contribution in [0.4, 0.5) is 4.79 Å². The first-order chi connectivity index (χ1) is 14.7. The summed E-state index contributed by atoms with van der Waals surface area (Å²) in [4.78, 5) is 12.4. The van der Waals surface area contributed by atoms with Gasteiger partial charge in [-0.2, -0.15) is 8.42 Å². The van der Waals surface area contributed by atoms with Gasteiger partial charge in [-0.05, 0) is 30.6 Å². The number of ether oxygens (including phenoxy) is 1.